The number of anilines is 1. The Balaban J connectivity index is 0.000000162. The Hall–Kier alpha value is -6.64. The molecule has 0 saturated heterocycles. The van der Waals surface area contributed by atoms with E-state index in [1.807, 2.05) is 54.9 Å². The number of esters is 2. The second kappa shape index (κ2) is 23.9. The molecule has 13 nitrogen and oxygen atoms in total. The number of nitrogens with zero attached hydrogens (tertiary/aromatic N) is 3. The van der Waals surface area contributed by atoms with Gasteiger partial charge in [0.2, 0.25) is 6.41 Å². The van der Waals surface area contributed by atoms with Gasteiger partial charge < -0.3 is 44.0 Å². The van der Waals surface area contributed by atoms with Gasteiger partial charge in [-0.05, 0) is 168 Å². The van der Waals surface area contributed by atoms with Gasteiger partial charge in [-0.3, -0.25) is 4.79 Å². The normalized spacial score (nSPS) is 16.1. The smallest absolute Gasteiger partial charge is 0.338 e. The number of benzene rings is 6. The minimum Gasteiger partial charge on any atom is -0.493 e. The van der Waals surface area contributed by atoms with Crippen LogP contribution in [-0.4, -0.2) is 76.0 Å². The standard InChI is InChI=1S/C28H26Cl2N2O4.C16H13Cl2NO2.C12H15NO3/c1-34-26-12-18-9-10-32(15-20(18)13-27(26)35-2)16-31-21-6-3-17-5-8-25(22(17)14-21)36-28(33)19-4-7-23(29)24(30)11-19;17-13-5-2-10(7-14(13)18)16(20)21-15-6-3-9-1-4-11(19)8-12(9)15;1-15-11-5-9-3-4-13(8-14)7-10(9)6-12(11)16-2/h3-4,6-7,11-14,16,25H,5,8-10,15H2,1-2H3;1-2,4-5,7-8,15H,3,6,19H2;5-6,8H,3-4,7H2,1-2H3. The quantitative estimate of drug-likeness (QED) is 0.0434. The summed E-state index contributed by atoms with van der Waals surface area (Å²) in [5.74, 6) is 2.13. The van der Waals surface area contributed by atoms with Gasteiger partial charge in [0.25, 0.3) is 0 Å². The summed E-state index contributed by atoms with van der Waals surface area (Å²) in [7, 11) is 6.55. The molecule has 4 aliphatic rings. The second-order valence-corrected chi connectivity index (χ2v) is 19.3. The predicted molar refractivity (Wildman–Crippen MR) is 285 cm³/mol. The molecule has 2 aliphatic carbocycles. The summed E-state index contributed by atoms with van der Waals surface area (Å²) in [6.45, 7) is 3.03. The van der Waals surface area contributed by atoms with Crippen molar-refractivity contribution in [2.24, 2.45) is 4.99 Å². The molecule has 0 aromatic heterocycles. The van der Waals surface area contributed by atoms with Crippen LogP contribution in [0, 0.1) is 0 Å². The molecule has 6 aromatic rings. The number of methoxy groups -OCH3 is 4. The summed E-state index contributed by atoms with van der Waals surface area (Å²) in [4.78, 5) is 44.3. The zero-order valence-corrected chi connectivity index (χ0v) is 43.7. The SMILES string of the molecule is COc1cc2c(cc1OC)CN(C=Nc1ccc3c(c1)C(OC(=O)c1ccc(Cl)c(Cl)c1)CC3)CC2.COc1cc2c(cc1OC)CN(C=O)CC2.Nc1ccc2c(c1)C(OC(=O)c1ccc(Cl)c(Cl)c1)CC2. The largest absolute Gasteiger partial charge is 0.493 e. The van der Waals surface area contributed by atoms with Gasteiger partial charge in [-0.25, -0.2) is 14.6 Å². The molecule has 0 saturated carbocycles. The average molecular weight is 1070 g/mol. The van der Waals surface area contributed by atoms with Gasteiger partial charge in [0.1, 0.15) is 12.2 Å². The number of halogens is 4. The second-order valence-electron chi connectivity index (χ2n) is 17.7. The highest BCUT2D eigenvalue weighted by Gasteiger charge is 2.29. The van der Waals surface area contributed by atoms with Crippen molar-refractivity contribution in [2.75, 3.05) is 47.3 Å². The van der Waals surface area contributed by atoms with E-state index in [-0.39, 0.29) is 12.2 Å². The van der Waals surface area contributed by atoms with Crippen LogP contribution in [0.2, 0.25) is 20.1 Å². The van der Waals surface area contributed by atoms with Crippen LogP contribution in [0.3, 0.4) is 0 Å². The summed E-state index contributed by atoms with van der Waals surface area (Å²) in [5, 5.41) is 1.47. The van der Waals surface area contributed by atoms with Crippen molar-refractivity contribution < 1.29 is 42.8 Å². The molecule has 6 aromatic carbocycles. The minimum atomic E-state index is -0.417. The lowest BCUT2D eigenvalue weighted by atomic mass is 9.99. The summed E-state index contributed by atoms with van der Waals surface area (Å²) < 4.78 is 32.8. The van der Waals surface area contributed by atoms with Crippen LogP contribution in [0.4, 0.5) is 11.4 Å². The number of hydrogen-bond acceptors (Lipinski definition) is 11. The summed E-state index contributed by atoms with van der Waals surface area (Å²) >= 11 is 23.8. The zero-order valence-electron chi connectivity index (χ0n) is 40.7. The Morgan fingerprint density at radius 3 is 1.47 bits per heavy atom. The van der Waals surface area contributed by atoms with Crippen molar-refractivity contribution in [3.05, 3.63) is 173 Å². The Labute approximate surface area is 444 Å². The maximum Gasteiger partial charge on any atom is 0.338 e. The van der Waals surface area contributed by atoms with E-state index >= 15 is 0 Å². The van der Waals surface area contributed by atoms with Crippen LogP contribution in [0.15, 0.2) is 102 Å². The highest BCUT2D eigenvalue weighted by Crippen LogP contribution is 2.39. The lowest BCUT2D eigenvalue weighted by molar-refractivity contribution is -0.118. The molecule has 2 atom stereocenters. The van der Waals surface area contributed by atoms with Gasteiger partial charge in [0.15, 0.2) is 23.0 Å². The molecule has 0 spiro atoms. The molecule has 2 unspecified atom stereocenters. The van der Waals surface area contributed by atoms with Crippen LogP contribution < -0.4 is 24.7 Å². The summed E-state index contributed by atoms with van der Waals surface area (Å²) in [6.07, 6.45) is 7.21. The van der Waals surface area contributed by atoms with Crippen LogP contribution >= 0.6 is 46.4 Å². The van der Waals surface area contributed by atoms with E-state index in [1.165, 1.54) is 39.9 Å². The number of nitrogens with two attached hydrogens (primary N) is 1. The van der Waals surface area contributed by atoms with E-state index in [2.05, 4.69) is 17.0 Å². The van der Waals surface area contributed by atoms with Gasteiger partial charge in [0.05, 0.1) is 71.7 Å². The van der Waals surface area contributed by atoms with Crippen molar-refractivity contribution in [3.63, 3.8) is 0 Å². The summed E-state index contributed by atoms with van der Waals surface area (Å²) in [6, 6.07) is 29.3. The van der Waals surface area contributed by atoms with Crippen LogP contribution in [0.25, 0.3) is 0 Å². The van der Waals surface area contributed by atoms with Gasteiger partial charge in [-0.2, -0.15) is 0 Å². The molecular formula is C56H54Cl4N4O9. The number of aryl methyl sites for hydroxylation is 2. The third kappa shape index (κ3) is 12.6. The fourth-order valence-corrected chi connectivity index (χ4v) is 9.84. The Bertz CT molecular complexity index is 3060. The number of hydrogen-bond donors (Lipinski definition) is 1. The topological polar surface area (TPSA) is 151 Å². The van der Waals surface area contributed by atoms with Crippen LogP contribution in [0.1, 0.15) is 90.3 Å². The van der Waals surface area contributed by atoms with Gasteiger partial charge >= 0.3 is 11.9 Å². The van der Waals surface area contributed by atoms with Crippen molar-refractivity contribution in [1.29, 1.82) is 0 Å². The predicted octanol–water partition coefficient (Wildman–Crippen LogP) is 12.2. The molecule has 1 amide bonds. The van der Waals surface area contributed by atoms with Crippen molar-refractivity contribution in [2.45, 2.75) is 63.8 Å². The van der Waals surface area contributed by atoms with Crippen LogP contribution in [0.5, 0.6) is 23.0 Å². The lowest BCUT2D eigenvalue weighted by Crippen LogP contribution is -2.29. The average Bonchev–Trinajstić information content (AvgIpc) is 4.00. The summed E-state index contributed by atoms with van der Waals surface area (Å²) in [5.41, 5.74) is 17.2. The molecule has 2 N–H and O–H groups in total. The van der Waals surface area contributed by atoms with E-state index in [1.54, 1.807) is 57.6 Å². The molecule has 73 heavy (non-hydrogen) atoms. The fourth-order valence-electron chi connectivity index (χ4n) is 9.25. The van der Waals surface area contributed by atoms with Crippen molar-refractivity contribution in [1.82, 2.24) is 9.80 Å². The first kappa shape index (κ1) is 52.7. The highest BCUT2D eigenvalue weighted by atomic mass is 35.5. The van der Waals surface area contributed by atoms with E-state index in [4.69, 9.17) is 85.6 Å². The Kier molecular flexibility index (Phi) is 17.3. The minimum absolute atomic E-state index is 0.259. The van der Waals surface area contributed by atoms with Crippen molar-refractivity contribution >= 4 is 82.5 Å². The Morgan fingerprint density at radius 1 is 0.534 bits per heavy atom. The number of ether oxygens (including phenoxy) is 6. The first-order chi connectivity index (χ1) is 35.3. The number of carbonyl (C=O) groups excluding carboxylic acids is 3. The molecule has 17 heteroatoms. The zero-order chi connectivity index (χ0) is 51.8. The lowest BCUT2D eigenvalue weighted by Gasteiger charge is -2.27. The van der Waals surface area contributed by atoms with Gasteiger partial charge in [-0.1, -0.05) is 58.5 Å². The van der Waals surface area contributed by atoms with Crippen LogP contribution in [-0.2, 0) is 53.0 Å². The monoisotopic (exact) mass is 1070 g/mol. The number of amides is 1. The number of fused-ring (bicyclic) bond motifs is 4. The first-order valence-corrected chi connectivity index (χ1v) is 25.1. The molecule has 0 fully saturated rings. The van der Waals surface area contributed by atoms with E-state index in [0.717, 1.165) is 104 Å². The third-order valence-electron chi connectivity index (χ3n) is 13.2. The molecule has 0 radical (unpaired) electrons. The molecular weight excluding hydrogens is 1010 g/mol. The molecule has 380 valence electrons. The molecule has 2 heterocycles. The third-order valence-corrected chi connectivity index (χ3v) is 14.6. The number of carbonyl (C=O) groups is 3. The first-order valence-electron chi connectivity index (χ1n) is 23.6. The van der Waals surface area contributed by atoms with Gasteiger partial charge in [-0.15, -0.1) is 0 Å². The van der Waals surface area contributed by atoms with Crippen molar-refractivity contribution in [3.8, 4) is 23.0 Å². The highest BCUT2D eigenvalue weighted by molar-refractivity contribution is 6.42. The number of aliphatic imine (C=N–C) groups is 1. The number of nitrogen functional groups attached to an aromatic ring is 1. The molecule has 0 bridgehead atoms. The van der Waals surface area contributed by atoms with E-state index in [9.17, 15) is 14.4 Å². The maximum absolute atomic E-state index is 12.7. The molecule has 10 rings (SSSR count). The van der Waals surface area contributed by atoms with E-state index < -0.39 is 11.9 Å². The molecule has 2 aliphatic heterocycles. The Morgan fingerprint density at radius 2 is 0.986 bits per heavy atom. The fraction of sp³-hybridized carbons (Fsp3) is 0.286. The maximum atomic E-state index is 12.7. The number of rotatable bonds is 11. The van der Waals surface area contributed by atoms with E-state index in [0.29, 0.717) is 49.2 Å². The van der Waals surface area contributed by atoms with Gasteiger partial charge in [0, 0.05) is 31.9 Å².